The molecule has 0 atom stereocenters. The van der Waals surface area contributed by atoms with Gasteiger partial charge < -0.3 is 5.32 Å². The quantitative estimate of drug-likeness (QED) is 0.930. The average Bonchev–Trinajstić information content (AvgIpc) is 2.62. The third-order valence-electron chi connectivity index (χ3n) is 2.10. The molecule has 0 aliphatic heterocycles. The topological polar surface area (TPSA) is 59.8 Å². The summed E-state index contributed by atoms with van der Waals surface area (Å²) < 4.78 is 1.18. The molecule has 0 radical (unpaired) electrons. The number of carbonyl (C=O) groups is 1. The van der Waals surface area contributed by atoms with E-state index in [1.165, 1.54) is 10.7 Å². The minimum Gasteiger partial charge on any atom is -0.324 e. The minimum absolute atomic E-state index is 0.0210. The van der Waals surface area contributed by atoms with E-state index in [0.29, 0.717) is 15.7 Å². The zero-order chi connectivity index (χ0) is 14.0. The fourth-order valence-electron chi connectivity index (χ4n) is 1.31. The number of anilines is 1. The normalized spacial score (nSPS) is 10.5. The number of nitrogens with zero attached hydrogens (tertiary/aromatic N) is 3. The number of hydrogen-bond donors (Lipinski definition) is 1. The van der Waals surface area contributed by atoms with E-state index < -0.39 is 0 Å². The minimum atomic E-state index is -0.346. The van der Waals surface area contributed by atoms with Crippen LogP contribution in [0.2, 0.25) is 20.6 Å². The Morgan fingerprint density at radius 3 is 2.53 bits per heavy atom. The molecule has 0 aliphatic carbocycles. The molecular weight excluding hydrogens is 334 g/mol. The highest BCUT2D eigenvalue weighted by Gasteiger charge is 2.11. The predicted molar refractivity (Wildman–Crippen MR) is 75.1 cm³/mol. The summed E-state index contributed by atoms with van der Waals surface area (Å²) in [7, 11) is 0. The molecular formula is C10H6Cl4N4O. The van der Waals surface area contributed by atoms with Gasteiger partial charge in [0.1, 0.15) is 6.54 Å². The molecule has 2 rings (SSSR count). The summed E-state index contributed by atoms with van der Waals surface area (Å²) in [6, 6.07) is 4.75. The lowest BCUT2D eigenvalue weighted by Gasteiger charge is -2.06. The van der Waals surface area contributed by atoms with Gasteiger partial charge in [0.2, 0.25) is 16.5 Å². The monoisotopic (exact) mass is 338 g/mol. The largest absolute Gasteiger partial charge is 0.324 e. The van der Waals surface area contributed by atoms with Crippen LogP contribution < -0.4 is 5.32 Å². The summed E-state index contributed by atoms with van der Waals surface area (Å²) in [6.07, 6.45) is 0. The number of aromatic nitrogens is 3. The maximum Gasteiger partial charge on any atom is 0.246 e. The Kier molecular flexibility index (Phi) is 4.52. The molecule has 0 spiro atoms. The lowest BCUT2D eigenvalue weighted by Crippen LogP contribution is -2.19. The van der Waals surface area contributed by atoms with Crippen molar-refractivity contribution in [2.75, 3.05) is 5.32 Å². The van der Waals surface area contributed by atoms with Crippen molar-refractivity contribution in [3.05, 3.63) is 38.8 Å². The van der Waals surface area contributed by atoms with Crippen LogP contribution in [0.4, 0.5) is 5.69 Å². The lowest BCUT2D eigenvalue weighted by molar-refractivity contribution is -0.116. The summed E-state index contributed by atoms with van der Waals surface area (Å²) in [5.41, 5.74) is 0.515. The van der Waals surface area contributed by atoms with E-state index in [9.17, 15) is 4.79 Å². The van der Waals surface area contributed by atoms with Gasteiger partial charge in [0, 0.05) is 5.69 Å². The van der Waals surface area contributed by atoms with Crippen molar-refractivity contribution in [2.45, 2.75) is 6.54 Å². The van der Waals surface area contributed by atoms with Crippen molar-refractivity contribution >= 4 is 58.0 Å². The summed E-state index contributed by atoms with van der Waals surface area (Å²) in [5.74, 6) is -0.346. The molecule has 0 aliphatic rings. The van der Waals surface area contributed by atoms with Crippen LogP contribution in [0, 0.1) is 0 Å². The van der Waals surface area contributed by atoms with Crippen LogP contribution in [0.5, 0.6) is 0 Å². The van der Waals surface area contributed by atoms with Gasteiger partial charge in [-0.3, -0.25) is 4.79 Å². The number of rotatable bonds is 3. The lowest BCUT2D eigenvalue weighted by atomic mass is 10.3. The van der Waals surface area contributed by atoms with Gasteiger partial charge in [0.15, 0.2) is 0 Å². The first-order valence-electron chi connectivity index (χ1n) is 4.96. The Labute approximate surface area is 128 Å². The predicted octanol–water partition coefficient (Wildman–Crippen LogP) is 3.53. The Bertz CT molecular complexity index is 628. The molecule has 0 unspecified atom stereocenters. The van der Waals surface area contributed by atoms with Crippen LogP contribution in [0.15, 0.2) is 18.2 Å². The molecule has 1 heterocycles. The van der Waals surface area contributed by atoms with E-state index in [1.54, 1.807) is 12.1 Å². The van der Waals surface area contributed by atoms with Gasteiger partial charge >= 0.3 is 0 Å². The summed E-state index contributed by atoms with van der Waals surface area (Å²) in [5, 5.41) is 7.15. The average molecular weight is 340 g/mol. The number of amides is 1. The highest BCUT2D eigenvalue weighted by Crippen LogP contribution is 2.25. The second-order valence-electron chi connectivity index (χ2n) is 3.48. The van der Waals surface area contributed by atoms with Crippen LogP contribution in [0.25, 0.3) is 0 Å². The van der Waals surface area contributed by atoms with Gasteiger partial charge in [-0.2, -0.15) is 4.98 Å². The molecule has 19 heavy (non-hydrogen) atoms. The Balaban J connectivity index is 2.05. The van der Waals surface area contributed by atoms with Crippen LogP contribution >= 0.6 is 46.4 Å². The van der Waals surface area contributed by atoms with Gasteiger partial charge in [-0.15, -0.1) is 5.10 Å². The summed E-state index contributed by atoms with van der Waals surface area (Å²) >= 11 is 22.9. The van der Waals surface area contributed by atoms with Crippen LogP contribution in [-0.4, -0.2) is 20.7 Å². The van der Waals surface area contributed by atoms with E-state index in [0.717, 1.165) is 0 Å². The highest BCUT2D eigenvalue weighted by atomic mass is 35.5. The van der Waals surface area contributed by atoms with Gasteiger partial charge in [-0.1, -0.05) is 23.2 Å². The maximum atomic E-state index is 11.8. The van der Waals surface area contributed by atoms with Gasteiger partial charge in [-0.05, 0) is 41.4 Å². The van der Waals surface area contributed by atoms with Crippen molar-refractivity contribution in [1.29, 1.82) is 0 Å². The van der Waals surface area contributed by atoms with E-state index in [1.807, 2.05) is 0 Å². The molecule has 1 N–H and O–H groups in total. The SMILES string of the molecule is O=C(Cn1nc(Cl)nc1Cl)Nc1ccc(Cl)c(Cl)c1. The third kappa shape index (κ3) is 3.73. The zero-order valence-electron chi connectivity index (χ0n) is 9.20. The van der Waals surface area contributed by atoms with Crippen molar-refractivity contribution in [2.24, 2.45) is 0 Å². The number of benzene rings is 1. The van der Waals surface area contributed by atoms with Crippen LogP contribution in [0.3, 0.4) is 0 Å². The standard InChI is InChI=1S/C10H6Cl4N4O/c11-6-2-1-5(3-7(6)12)15-8(19)4-18-10(14)16-9(13)17-18/h1-3H,4H2,(H,15,19). The van der Waals surface area contributed by atoms with E-state index in [-0.39, 0.29) is 23.0 Å². The molecule has 0 bridgehead atoms. The van der Waals surface area contributed by atoms with Gasteiger partial charge in [-0.25, -0.2) is 4.68 Å². The molecule has 1 aromatic heterocycles. The molecule has 1 aromatic carbocycles. The van der Waals surface area contributed by atoms with Crippen molar-refractivity contribution < 1.29 is 4.79 Å². The molecule has 0 fully saturated rings. The zero-order valence-corrected chi connectivity index (χ0v) is 12.2. The second-order valence-corrected chi connectivity index (χ2v) is 4.98. The van der Waals surface area contributed by atoms with Crippen molar-refractivity contribution in [3.8, 4) is 0 Å². The van der Waals surface area contributed by atoms with Gasteiger partial charge in [0.05, 0.1) is 10.0 Å². The number of carbonyl (C=O) groups excluding carboxylic acids is 1. The van der Waals surface area contributed by atoms with Crippen molar-refractivity contribution in [1.82, 2.24) is 14.8 Å². The first-order valence-corrected chi connectivity index (χ1v) is 6.47. The Hall–Kier alpha value is -1.01. The Morgan fingerprint density at radius 1 is 1.21 bits per heavy atom. The fourth-order valence-corrected chi connectivity index (χ4v) is 2.00. The first-order chi connectivity index (χ1) is 8.95. The summed E-state index contributed by atoms with van der Waals surface area (Å²) in [4.78, 5) is 15.4. The Morgan fingerprint density at radius 2 is 1.95 bits per heavy atom. The second kappa shape index (κ2) is 5.96. The molecule has 1 amide bonds. The molecule has 9 heteroatoms. The molecule has 2 aromatic rings. The summed E-state index contributed by atoms with van der Waals surface area (Å²) in [6.45, 7) is -0.112. The molecule has 0 saturated heterocycles. The van der Waals surface area contributed by atoms with E-state index >= 15 is 0 Å². The van der Waals surface area contributed by atoms with Crippen molar-refractivity contribution in [3.63, 3.8) is 0 Å². The fraction of sp³-hybridized carbons (Fsp3) is 0.100. The first kappa shape index (κ1) is 14.4. The van der Waals surface area contributed by atoms with E-state index in [4.69, 9.17) is 46.4 Å². The molecule has 100 valence electrons. The third-order valence-corrected chi connectivity index (χ3v) is 3.28. The number of hydrogen-bond acceptors (Lipinski definition) is 3. The maximum absolute atomic E-state index is 11.8. The van der Waals surface area contributed by atoms with Crippen LogP contribution in [0.1, 0.15) is 0 Å². The molecule has 0 saturated carbocycles. The smallest absolute Gasteiger partial charge is 0.246 e. The van der Waals surface area contributed by atoms with E-state index in [2.05, 4.69) is 15.4 Å². The van der Waals surface area contributed by atoms with Gasteiger partial charge in [0.25, 0.3) is 0 Å². The number of halogens is 4. The molecule has 5 nitrogen and oxygen atoms in total. The highest BCUT2D eigenvalue weighted by molar-refractivity contribution is 6.42. The van der Waals surface area contributed by atoms with Crippen LogP contribution in [-0.2, 0) is 11.3 Å². The number of nitrogens with one attached hydrogen (secondary N) is 1.